The fourth-order valence-corrected chi connectivity index (χ4v) is 3.76. The predicted molar refractivity (Wildman–Crippen MR) is 104 cm³/mol. The van der Waals surface area contributed by atoms with Crippen molar-refractivity contribution < 1.29 is 13.2 Å². The van der Waals surface area contributed by atoms with E-state index in [-0.39, 0.29) is 16.8 Å². The molecule has 0 fully saturated rings. The van der Waals surface area contributed by atoms with Crippen molar-refractivity contribution in [3.63, 3.8) is 0 Å². The molecule has 2 rings (SSSR count). The van der Waals surface area contributed by atoms with Crippen molar-refractivity contribution in [1.82, 2.24) is 10.0 Å². The molecule has 5 nitrogen and oxygen atoms in total. The molecule has 0 saturated heterocycles. The molecule has 0 radical (unpaired) electrons. The summed E-state index contributed by atoms with van der Waals surface area (Å²) < 4.78 is 27.0. The van der Waals surface area contributed by atoms with E-state index in [2.05, 4.69) is 10.0 Å². The lowest BCUT2D eigenvalue weighted by molar-refractivity contribution is -0.123. The molecule has 0 saturated carbocycles. The van der Waals surface area contributed by atoms with Crippen LogP contribution in [0, 0.1) is 0 Å². The third kappa shape index (κ3) is 6.12. The Morgan fingerprint density at radius 2 is 1.65 bits per heavy atom. The van der Waals surface area contributed by atoms with Gasteiger partial charge in [-0.1, -0.05) is 41.9 Å². The minimum Gasteiger partial charge on any atom is -0.352 e. The van der Waals surface area contributed by atoms with Gasteiger partial charge in [-0.15, -0.1) is 0 Å². The quantitative estimate of drug-likeness (QED) is 0.722. The van der Waals surface area contributed by atoms with E-state index >= 15 is 0 Å². The minimum absolute atomic E-state index is 0.0646. The highest BCUT2D eigenvalue weighted by Crippen LogP contribution is 2.14. The molecule has 2 N–H and O–H groups in total. The summed E-state index contributed by atoms with van der Waals surface area (Å²) in [7, 11) is -3.78. The van der Waals surface area contributed by atoms with Crippen LogP contribution >= 0.6 is 11.6 Å². The van der Waals surface area contributed by atoms with Gasteiger partial charge in [0.2, 0.25) is 15.9 Å². The van der Waals surface area contributed by atoms with E-state index in [1.54, 1.807) is 0 Å². The summed E-state index contributed by atoms with van der Waals surface area (Å²) in [6.45, 7) is 3.42. The van der Waals surface area contributed by atoms with E-state index in [1.807, 2.05) is 37.3 Å². The zero-order valence-electron chi connectivity index (χ0n) is 14.8. The van der Waals surface area contributed by atoms with Gasteiger partial charge in [-0.2, -0.15) is 4.72 Å². The standard InChI is InChI=1S/C19H23ClN2O3S/c1-14(8-9-16-6-4-3-5-7-16)21-19(23)15(2)22-26(24,25)18-12-10-17(20)11-13-18/h3-7,10-15,22H,8-9H2,1-2H3,(H,21,23)/t14-,15-/m1/s1. The second kappa shape index (κ2) is 9.16. The van der Waals surface area contributed by atoms with Crippen LogP contribution in [0.25, 0.3) is 0 Å². The molecule has 0 aliphatic heterocycles. The van der Waals surface area contributed by atoms with Crippen molar-refractivity contribution in [2.24, 2.45) is 0 Å². The highest BCUT2D eigenvalue weighted by atomic mass is 35.5. The van der Waals surface area contributed by atoms with Crippen LogP contribution in [-0.4, -0.2) is 26.4 Å². The Labute approximate surface area is 159 Å². The average Bonchev–Trinajstić information content (AvgIpc) is 2.61. The van der Waals surface area contributed by atoms with Gasteiger partial charge in [0.15, 0.2) is 0 Å². The monoisotopic (exact) mass is 394 g/mol. The Balaban J connectivity index is 1.87. The number of sulfonamides is 1. The second-order valence-electron chi connectivity index (χ2n) is 6.23. The topological polar surface area (TPSA) is 75.3 Å². The molecule has 0 aliphatic rings. The van der Waals surface area contributed by atoms with Crippen molar-refractivity contribution in [3.05, 3.63) is 65.2 Å². The van der Waals surface area contributed by atoms with Crippen molar-refractivity contribution in [1.29, 1.82) is 0 Å². The number of rotatable bonds is 8. The lowest BCUT2D eigenvalue weighted by atomic mass is 10.1. The van der Waals surface area contributed by atoms with Crippen molar-refractivity contribution in [2.45, 2.75) is 43.7 Å². The molecule has 2 aromatic carbocycles. The van der Waals surface area contributed by atoms with Crippen LogP contribution in [-0.2, 0) is 21.2 Å². The zero-order valence-corrected chi connectivity index (χ0v) is 16.3. The fraction of sp³-hybridized carbons (Fsp3) is 0.316. The molecule has 0 spiro atoms. The molecule has 0 unspecified atom stereocenters. The fourth-order valence-electron chi connectivity index (χ4n) is 2.44. The largest absolute Gasteiger partial charge is 0.352 e. The third-order valence-corrected chi connectivity index (χ3v) is 5.76. The van der Waals surface area contributed by atoms with E-state index in [9.17, 15) is 13.2 Å². The van der Waals surface area contributed by atoms with Crippen LogP contribution in [0.3, 0.4) is 0 Å². The number of aryl methyl sites for hydroxylation is 1. The highest BCUT2D eigenvalue weighted by Gasteiger charge is 2.22. The molecular weight excluding hydrogens is 372 g/mol. The molecule has 2 atom stereocenters. The average molecular weight is 395 g/mol. The minimum atomic E-state index is -3.78. The van der Waals surface area contributed by atoms with Crippen molar-refractivity contribution >= 4 is 27.5 Å². The maximum Gasteiger partial charge on any atom is 0.241 e. The summed E-state index contributed by atoms with van der Waals surface area (Å²) >= 11 is 5.77. The highest BCUT2D eigenvalue weighted by molar-refractivity contribution is 7.89. The second-order valence-corrected chi connectivity index (χ2v) is 8.38. The van der Waals surface area contributed by atoms with Crippen LogP contribution in [0.1, 0.15) is 25.8 Å². The number of benzene rings is 2. The number of carbonyl (C=O) groups is 1. The van der Waals surface area contributed by atoms with Crippen LogP contribution in [0.2, 0.25) is 5.02 Å². The maximum atomic E-state index is 12.3. The number of nitrogens with one attached hydrogen (secondary N) is 2. The first kappa shape index (κ1) is 20.4. The Morgan fingerprint density at radius 3 is 2.27 bits per heavy atom. The van der Waals surface area contributed by atoms with E-state index in [1.165, 1.54) is 36.8 Å². The third-order valence-electron chi connectivity index (χ3n) is 3.95. The van der Waals surface area contributed by atoms with E-state index in [0.717, 1.165) is 12.8 Å². The predicted octanol–water partition coefficient (Wildman–Crippen LogP) is 3.14. The molecule has 0 aliphatic carbocycles. The first-order valence-electron chi connectivity index (χ1n) is 8.40. The van der Waals surface area contributed by atoms with E-state index in [0.29, 0.717) is 5.02 Å². The van der Waals surface area contributed by atoms with Gasteiger partial charge in [0.25, 0.3) is 0 Å². The Kier molecular flexibility index (Phi) is 7.20. The smallest absolute Gasteiger partial charge is 0.241 e. The van der Waals surface area contributed by atoms with Crippen molar-refractivity contribution in [3.8, 4) is 0 Å². The van der Waals surface area contributed by atoms with Crippen LogP contribution in [0.4, 0.5) is 0 Å². The van der Waals surface area contributed by atoms with Gasteiger partial charge in [-0.25, -0.2) is 8.42 Å². The molecular formula is C19H23ClN2O3S. The molecule has 0 bridgehead atoms. The molecule has 0 heterocycles. The summed E-state index contributed by atoms with van der Waals surface area (Å²) in [6, 6.07) is 14.8. The molecule has 26 heavy (non-hydrogen) atoms. The molecule has 7 heteroatoms. The van der Waals surface area contributed by atoms with Gasteiger partial charge >= 0.3 is 0 Å². The Bertz CT molecular complexity index is 824. The van der Waals surface area contributed by atoms with Gasteiger partial charge in [0, 0.05) is 11.1 Å². The van der Waals surface area contributed by atoms with Gasteiger partial charge in [-0.3, -0.25) is 4.79 Å². The summed E-state index contributed by atoms with van der Waals surface area (Å²) in [4.78, 5) is 12.3. The lowest BCUT2D eigenvalue weighted by Gasteiger charge is -2.18. The number of carbonyl (C=O) groups excluding carboxylic acids is 1. The molecule has 140 valence electrons. The first-order chi connectivity index (χ1) is 12.3. The summed E-state index contributed by atoms with van der Waals surface area (Å²) in [5.41, 5.74) is 1.20. The molecule has 1 amide bonds. The number of hydrogen-bond acceptors (Lipinski definition) is 3. The van der Waals surface area contributed by atoms with Gasteiger partial charge in [0.05, 0.1) is 10.9 Å². The van der Waals surface area contributed by atoms with Gasteiger partial charge in [0.1, 0.15) is 0 Å². The van der Waals surface area contributed by atoms with Crippen LogP contribution < -0.4 is 10.0 Å². The van der Waals surface area contributed by atoms with E-state index in [4.69, 9.17) is 11.6 Å². The molecule has 0 aromatic heterocycles. The first-order valence-corrected chi connectivity index (χ1v) is 10.3. The normalized spacial score (nSPS) is 13.8. The van der Waals surface area contributed by atoms with Gasteiger partial charge in [-0.05, 0) is 56.5 Å². The van der Waals surface area contributed by atoms with Gasteiger partial charge < -0.3 is 5.32 Å². The SMILES string of the molecule is C[C@H](CCc1ccccc1)NC(=O)[C@@H](C)NS(=O)(=O)c1ccc(Cl)cc1. The number of hydrogen-bond donors (Lipinski definition) is 2. The zero-order chi connectivity index (χ0) is 19.2. The van der Waals surface area contributed by atoms with Crippen LogP contribution in [0.5, 0.6) is 0 Å². The summed E-state index contributed by atoms with van der Waals surface area (Å²) in [5.74, 6) is -0.358. The summed E-state index contributed by atoms with van der Waals surface area (Å²) in [5, 5.41) is 3.29. The van der Waals surface area contributed by atoms with E-state index < -0.39 is 16.1 Å². The maximum absolute atomic E-state index is 12.3. The van der Waals surface area contributed by atoms with Crippen molar-refractivity contribution in [2.75, 3.05) is 0 Å². The Hall–Kier alpha value is -1.89. The number of amides is 1. The Morgan fingerprint density at radius 1 is 1.04 bits per heavy atom. The summed E-state index contributed by atoms with van der Waals surface area (Å²) in [6.07, 6.45) is 1.61. The lowest BCUT2D eigenvalue weighted by Crippen LogP contribution is -2.47. The molecule has 2 aromatic rings. The number of halogens is 1. The van der Waals surface area contributed by atoms with Crippen LogP contribution in [0.15, 0.2) is 59.5 Å².